The number of nitrogens with two attached hydrogens (primary N) is 1. The number of carbonyl (C=O) groups is 3. The maximum absolute atomic E-state index is 13.6. The number of carbonyl (C=O) groups excluding carboxylic acids is 3. The second-order valence-corrected chi connectivity index (χ2v) is 9.13. The molecule has 4 rings (SSSR count). The van der Waals surface area contributed by atoms with Crippen LogP contribution < -0.4 is 21.1 Å². The molecule has 1 saturated heterocycles. The van der Waals surface area contributed by atoms with E-state index in [-0.39, 0.29) is 24.8 Å². The maximum atomic E-state index is 13.6. The van der Waals surface area contributed by atoms with Crippen molar-refractivity contribution < 1.29 is 23.9 Å². The molecule has 1 aliphatic heterocycles. The molecule has 10 nitrogen and oxygen atoms in total. The summed E-state index contributed by atoms with van der Waals surface area (Å²) in [6.07, 6.45) is 2.47. The largest absolute Gasteiger partial charge is 0.497 e. The zero-order chi connectivity index (χ0) is 27.1. The van der Waals surface area contributed by atoms with Crippen molar-refractivity contribution in [2.45, 2.75) is 44.8 Å². The Balaban J connectivity index is 1.44. The number of ether oxygens (including phenoxy) is 2. The molecule has 200 valence electrons. The highest BCUT2D eigenvalue weighted by atomic mass is 16.5. The number of rotatable bonds is 9. The summed E-state index contributed by atoms with van der Waals surface area (Å²) >= 11 is 0. The number of likely N-dealkylation sites (tertiary alicyclic amines) is 1. The van der Waals surface area contributed by atoms with Crippen LogP contribution in [0.4, 0.5) is 10.6 Å². The van der Waals surface area contributed by atoms with E-state index in [1.807, 2.05) is 36.4 Å². The third-order valence-corrected chi connectivity index (χ3v) is 6.63. The van der Waals surface area contributed by atoms with Gasteiger partial charge in [0.15, 0.2) is 0 Å². The fraction of sp³-hybridized carbons (Fsp3) is 0.357. The molecule has 38 heavy (non-hydrogen) atoms. The maximum Gasteiger partial charge on any atom is 0.407 e. The Bertz CT molecular complexity index is 1300. The van der Waals surface area contributed by atoms with Crippen LogP contribution in [0.2, 0.25) is 0 Å². The van der Waals surface area contributed by atoms with Crippen LogP contribution in [-0.4, -0.2) is 60.1 Å². The highest BCUT2D eigenvalue weighted by Crippen LogP contribution is 2.22. The number of aromatic nitrogens is 1. The first-order chi connectivity index (χ1) is 18.4. The Kier molecular flexibility index (Phi) is 8.62. The fourth-order valence-corrected chi connectivity index (χ4v) is 4.68. The van der Waals surface area contributed by atoms with E-state index in [0.29, 0.717) is 37.5 Å². The lowest BCUT2D eigenvalue weighted by Gasteiger charge is -2.28. The average molecular weight is 520 g/mol. The molecule has 3 amide bonds. The Hall–Kier alpha value is -4.34. The monoisotopic (exact) mass is 519 g/mol. The van der Waals surface area contributed by atoms with Gasteiger partial charge < -0.3 is 30.7 Å². The Morgan fingerprint density at radius 3 is 2.63 bits per heavy atom. The third-order valence-electron chi connectivity index (χ3n) is 6.63. The van der Waals surface area contributed by atoms with Crippen LogP contribution in [0.15, 0.2) is 54.7 Å². The first-order valence-corrected chi connectivity index (χ1v) is 12.7. The second kappa shape index (κ2) is 12.3. The van der Waals surface area contributed by atoms with Gasteiger partial charge in [-0.3, -0.25) is 9.59 Å². The zero-order valence-corrected chi connectivity index (χ0v) is 21.6. The molecule has 3 aromatic rings. The van der Waals surface area contributed by atoms with Crippen molar-refractivity contribution in [1.82, 2.24) is 20.5 Å². The minimum Gasteiger partial charge on any atom is -0.497 e. The minimum absolute atomic E-state index is 0.182. The first-order valence-electron chi connectivity index (χ1n) is 12.7. The van der Waals surface area contributed by atoms with E-state index in [2.05, 4.69) is 15.6 Å². The Labute approximate surface area is 221 Å². The summed E-state index contributed by atoms with van der Waals surface area (Å²) < 4.78 is 10.2. The zero-order valence-electron chi connectivity index (χ0n) is 21.6. The predicted molar refractivity (Wildman–Crippen MR) is 143 cm³/mol. The Morgan fingerprint density at radius 1 is 1.13 bits per heavy atom. The normalized spacial score (nSPS) is 15.6. The molecule has 2 heterocycles. The van der Waals surface area contributed by atoms with Crippen LogP contribution in [0.1, 0.15) is 30.9 Å². The number of hydrogen-bond acceptors (Lipinski definition) is 7. The van der Waals surface area contributed by atoms with Crippen LogP contribution in [0.3, 0.4) is 0 Å². The van der Waals surface area contributed by atoms with Gasteiger partial charge in [-0.2, -0.15) is 0 Å². The smallest absolute Gasteiger partial charge is 0.407 e. The molecule has 0 spiro atoms. The van der Waals surface area contributed by atoms with Gasteiger partial charge in [0.1, 0.15) is 23.7 Å². The lowest BCUT2D eigenvalue weighted by atomic mass is 10.0. The van der Waals surface area contributed by atoms with Gasteiger partial charge in [0, 0.05) is 31.1 Å². The van der Waals surface area contributed by atoms with Crippen molar-refractivity contribution in [3.05, 3.63) is 65.9 Å². The minimum atomic E-state index is -0.879. The van der Waals surface area contributed by atoms with E-state index in [0.717, 1.165) is 21.9 Å². The van der Waals surface area contributed by atoms with Crippen molar-refractivity contribution in [1.29, 1.82) is 0 Å². The molecule has 2 atom stereocenters. The molecule has 1 fully saturated rings. The van der Waals surface area contributed by atoms with Crippen LogP contribution in [0, 0.1) is 0 Å². The van der Waals surface area contributed by atoms with E-state index >= 15 is 0 Å². The van der Waals surface area contributed by atoms with Crippen molar-refractivity contribution in [3.63, 3.8) is 0 Å². The lowest BCUT2D eigenvalue weighted by Crippen LogP contribution is -2.54. The van der Waals surface area contributed by atoms with Gasteiger partial charge in [0.05, 0.1) is 13.7 Å². The number of methoxy groups -OCH3 is 1. The van der Waals surface area contributed by atoms with Gasteiger partial charge in [0.2, 0.25) is 11.8 Å². The van der Waals surface area contributed by atoms with Crippen molar-refractivity contribution in [2.24, 2.45) is 0 Å². The number of benzene rings is 2. The number of nitrogen functional groups attached to an aromatic ring is 1. The topological polar surface area (TPSA) is 136 Å². The summed E-state index contributed by atoms with van der Waals surface area (Å²) in [6.45, 7) is 2.62. The summed E-state index contributed by atoms with van der Waals surface area (Å²) in [5.41, 5.74) is 7.68. The van der Waals surface area contributed by atoms with Crippen LogP contribution in [-0.2, 0) is 27.3 Å². The van der Waals surface area contributed by atoms with E-state index in [4.69, 9.17) is 15.2 Å². The van der Waals surface area contributed by atoms with Gasteiger partial charge in [-0.15, -0.1) is 0 Å². The SMILES string of the molecule is CCOC(=O)N[C@H](Cc1ccc(OC)cc1)C(=O)N1CCCC1C(=O)NCc1ccc2c(N)nccc2c1. The Morgan fingerprint density at radius 2 is 1.89 bits per heavy atom. The highest BCUT2D eigenvalue weighted by Gasteiger charge is 2.37. The molecule has 2 aromatic carbocycles. The molecule has 1 unspecified atom stereocenters. The first kappa shape index (κ1) is 26.7. The summed E-state index contributed by atoms with van der Waals surface area (Å²) in [6, 6.07) is 13.4. The average Bonchev–Trinajstić information content (AvgIpc) is 3.42. The summed E-state index contributed by atoms with van der Waals surface area (Å²) in [5.74, 6) is 0.598. The van der Waals surface area contributed by atoms with Crippen molar-refractivity contribution in [2.75, 3.05) is 26.0 Å². The molecular formula is C28H33N5O5. The van der Waals surface area contributed by atoms with Crippen molar-refractivity contribution in [3.8, 4) is 5.75 Å². The molecule has 0 saturated carbocycles. The quantitative estimate of drug-likeness (QED) is 0.395. The second-order valence-electron chi connectivity index (χ2n) is 9.13. The van der Waals surface area contributed by atoms with Gasteiger partial charge >= 0.3 is 6.09 Å². The number of alkyl carbamates (subject to hydrolysis) is 1. The van der Waals surface area contributed by atoms with Gasteiger partial charge in [-0.1, -0.05) is 24.3 Å². The van der Waals surface area contributed by atoms with Crippen molar-refractivity contribution >= 4 is 34.5 Å². The standard InChI is InChI=1S/C28H33N5O5/c1-3-38-28(36)32-23(16-18-6-9-21(37-2)10-7-18)27(35)33-14-4-5-24(33)26(34)31-17-19-8-11-22-20(15-19)12-13-30-25(22)29/h6-13,15,23-24H,3-5,14,16-17H2,1-2H3,(H2,29,30)(H,31,34)(H,32,36)/t23-,24?/m1/s1. The molecule has 0 radical (unpaired) electrons. The lowest BCUT2D eigenvalue weighted by molar-refractivity contribution is -0.140. The van der Waals surface area contributed by atoms with E-state index < -0.39 is 18.2 Å². The predicted octanol–water partition coefficient (Wildman–Crippen LogP) is 2.79. The number of nitrogens with zero attached hydrogens (tertiary/aromatic N) is 2. The third kappa shape index (κ3) is 6.31. The number of anilines is 1. The number of fused-ring (bicyclic) bond motifs is 1. The van der Waals surface area contributed by atoms with E-state index in [1.54, 1.807) is 37.3 Å². The molecular weight excluding hydrogens is 486 g/mol. The number of nitrogens with one attached hydrogen (secondary N) is 2. The molecule has 1 aliphatic rings. The fourth-order valence-electron chi connectivity index (χ4n) is 4.68. The molecule has 4 N–H and O–H groups in total. The van der Waals surface area contributed by atoms with Gasteiger partial charge in [-0.05, 0) is 60.5 Å². The van der Waals surface area contributed by atoms with Crippen LogP contribution in [0.5, 0.6) is 5.75 Å². The number of hydrogen-bond donors (Lipinski definition) is 3. The molecule has 0 bridgehead atoms. The summed E-state index contributed by atoms with van der Waals surface area (Å²) in [5, 5.41) is 7.43. The van der Waals surface area contributed by atoms with E-state index in [9.17, 15) is 14.4 Å². The molecule has 1 aromatic heterocycles. The summed E-state index contributed by atoms with van der Waals surface area (Å²) in [4.78, 5) is 44.7. The van der Waals surface area contributed by atoms with Gasteiger partial charge in [0.25, 0.3) is 0 Å². The molecule has 0 aliphatic carbocycles. The number of pyridine rings is 1. The van der Waals surface area contributed by atoms with Gasteiger partial charge in [-0.25, -0.2) is 9.78 Å². The number of amides is 3. The summed E-state index contributed by atoms with van der Waals surface area (Å²) in [7, 11) is 1.58. The highest BCUT2D eigenvalue weighted by molar-refractivity contribution is 5.93. The van der Waals surface area contributed by atoms with E-state index in [1.165, 1.54) is 0 Å². The van der Waals surface area contributed by atoms with Crippen LogP contribution >= 0.6 is 0 Å². The van der Waals surface area contributed by atoms with Crippen LogP contribution in [0.25, 0.3) is 10.8 Å². The molecule has 10 heteroatoms.